The van der Waals surface area contributed by atoms with Crippen LogP contribution in [0.4, 0.5) is 0 Å². The summed E-state index contributed by atoms with van der Waals surface area (Å²) in [6, 6.07) is 6.51. The summed E-state index contributed by atoms with van der Waals surface area (Å²) in [7, 11) is 0. The van der Waals surface area contributed by atoms with E-state index in [1.165, 1.54) is 0 Å². The van der Waals surface area contributed by atoms with Crippen molar-refractivity contribution >= 4 is 0 Å². The van der Waals surface area contributed by atoms with Gasteiger partial charge in [0.25, 0.3) is 0 Å². The molecular formula is C8H9O. The molecule has 9 heavy (non-hydrogen) atoms. The molecule has 0 aliphatic rings. The number of hydrogen-bond acceptors (Lipinski definition) is 1. The number of hydrogen-bond donors (Lipinski definition) is 1. The van der Waals surface area contributed by atoms with E-state index in [0.717, 1.165) is 11.1 Å². The Kier molecular flexibility index (Phi) is 1.43. The summed E-state index contributed by atoms with van der Waals surface area (Å²) < 4.78 is 0. The first-order chi connectivity index (χ1) is 4.20. The molecule has 1 radical (unpaired) electrons. The molecule has 0 aliphatic carbocycles. The van der Waals surface area contributed by atoms with E-state index in [1.54, 1.807) is 6.07 Å². The first kappa shape index (κ1) is 6.14. The van der Waals surface area contributed by atoms with Gasteiger partial charge in [-0.2, -0.15) is 0 Å². The monoisotopic (exact) mass is 121 g/mol. The lowest BCUT2D eigenvalue weighted by molar-refractivity contribution is 0.471. The van der Waals surface area contributed by atoms with Crippen molar-refractivity contribution in [3.63, 3.8) is 0 Å². The van der Waals surface area contributed by atoms with Crippen LogP contribution in [-0.4, -0.2) is 5.11 Å². The van der Waals surface area contributed by atoms with Crippen molar-refractivity contribution in [2.24, 2.45) is 0 Å². The van der Waals surface area contributed by atoms with Crippen molar-refractivity contribution < 1.29 is 5.11 Å². The summed E-state index contributed by atoms with van der Waals surface area (Å²) >= 11 is 0. The highest BCUT2D eigenvalue weighted by Crippen LogP contribution is 2.14. The second kappa shape index (κ2) is 2.09. The molecule has 0 bridgehead atoms. The Hall–Kier alpha value is -0.980. The van der Waals surface area contributed by atoms with Crippen molar-refractivity contribution in [1.82, 2.24) is 0 Å². The van der Waals surface area contributed by atoms with E-state index < -0.39 is 0 Å². The van der Waals surface area contributed by atoms with Crippen LogP contribution in [-0.2, 0) is 0 Å². The fourth-order valence-corrected chi connectivity index (χ4v) is 0.730. The Morgan fingerprint density at radius 3 is 2.44 bits per heavy atom. The largest absolute Gasteiger partial charge is 0.508 e. The second-order valence-corrected chi connectivity index (χ2v) is 2.15. The van der Waals surface area contributed by atoms with E-state index >= 15 is 0 Å². The fraction of sp³-hybridized carbons (Fsp3) is 0.250. The molecule has 1 rings (SSSR count). The molecule has 1 aromatic rings. The summed E-state index contributed by atoms with van der Waals surface area (Å²) in [5, 5.41) is 9.01. The van der Waals surface area contributed by atoms with E-state index in [-0.39, 0.29) is 0 Å². The number of phenols is 1. The van der Waals surface area contributed by atoms with Crippen LogP contribution in [0.3, 0.4) is 0 Å². The van der Waals surface area contributed by atoms with Crippen LogP contribution >= 0.6 is 0 Å². The highest BCUT2D eigenvalue weighted by atomic mass is 16.3. The highest BCUT2D eigenvalue weighted by Gasteiger charge is 1.92. The maximum absolute atomic E-state index is 9.01. The van der Waals surface area contributed by atoms with Crippen molar-refractivity contribution in [2.75, 3.05) is 0 Å². The van der Waals surface area contributed by atoms with Crippen LogP contribution in [0.25, 0.3) is 0 Å². The van der Waals surface area contributed by atoms with Gasteiger partial charge in [-0.3, -0.25) is 0 Å². The van der Waals surface area contributed by atoms with Crippen LogP contribution in [0.5, 0.6) is 5.75 Å². The average molecular weight is 121 g/mol. The number of rotatable bonds is 0. The van der Waals surface area contributed by atoms with Gasteiger partial charge in [0.05, 0.1) is 0 Å². The van der Waals surface area contributed by atoms with Gasteiger partial charge in [-0.1, -0.05) is 6.07 Å². The van der Waals surface area contributed by atoms with Crippen LogP contribution in [0.1, 0.15) is 11.1 Å². The van der Waals surface area contributed by atoms with E-state index in [9.17, 15) is 0 Å². The Morgan fingerprint density at radius 2 is 2.00 bits per heavy atom. The summed E-state index contributed by atoms with van der Waals surface area (Å²) in [6.07, 6.45) is 0. The van der Waals surface area contributed by atoms with Crippen LogP contribution in [0.2, 0.25) is 0 Å². The third kappa shape index (κ3) is 1.22. The van der Waals surface area contributed by atoms with Gasteiger partial charge in [-0.05, 0) is 37.1 Å². The quantitative estimate of drug-likeness (QED) is 0.555. The maximum Gasteiger partial charge on any atom is 0.119 e. The first-order valence-corrected chi connectivity index (χ1v) is 2.88. The van der Waals surface area contributed by atoms with Gasteiger partial charge in [0, 0.05) is 0 Å². The van der Waals surface area contributed by atoms with Gasteiger partial charge in [-0.15, -0.1) is 0 Å². The summed E-state index contributed by atoms with van der Waals surface area (Å²) in [5.41, 5.74) is 1.88. The lowest BCUT2D eigenvalue weighted by atomic mass is 10.1. The zero-order valence-corrected chi connectivity index (χ0v) is 5.60. The molecule has 0 amide bonds. The zero-order chi connectivity index (χ0) is 6.85. The van der Waals surface area contributed by atoms with Crippen LogP contribution in [0.15, 0.2) is 12.1 Å². The molecule has 47 valence electrons. The number of phenolic OH excluding ortho intramolecular Hbond substituents is 1. The van der Waals surface area contributed by atoms with Gasteiger partial charge in [0.1, 0.15) is 5.75 Å². The van der Waals surface area contributed by atoms with E-state index in [2.05, 4.69) is 6.07 Å². The van der Waals surface area contributed by atoms with Crippen molar-refractivity contribution in [3.8, 4) is 5.75 Å². The predicted octanol–water partition coefficient (Wildman–Crippen LogP) is 1.81. The minimum atomic E-state index is 0.320. The minimum absolute atomic E-state index is 0.320. The lowest BCUT2D eigenvalue weighted by Crippen LogP contribution is -1.76. The second-order valence-electron chi connectivity index (χ2n) is 2.15. The van der Waals surface area contributed by atoms with E-state index in [1.807, 2.05) is 19.9 Å². The van der Waals surface area contributed by atoms with Gasteiger partial charge in [-0.25, -0.2) is 0 Å². The Labute approximate surface area is 55.0 Å². The molecule has 1 nitrogen and oxygen atoms in total. The molecule has 1 N–H and O–H groups in total. The zero-order valence-electron chi connectivity index (χ0n) is 5.60. The normalized spacial score (nSPS) is 9.56. The van der Waals surface area contributed by atoms with Crippen molar-refractivity contribution in [3.05, 3.63) is 29.3 Å². The van der Waals surface area contributed by atoms with Crippen molar-refractivity contribution in [2.45, 2.75) is 13.8 Å². The third-order valence-corrected chi connectivity index (χ3v) is 1.26. The molecule has 0 saturated heterocycles. The molecule has 0 atom stereocenters. The molecule has 0 spiro atoms. The van der Waals surface area contributed by atoms with Gasteiger partial charge >= 0.3 is 0 Å². The predicted molar refractivity (Wildman–Crippen MR) is 36.4 cm³/mol. The Morgan fingerprint density at radius 1 is 1.33 bits per heavy atom. The summed E-state index contributed by atoms with van der Waals surface area (Å²) in [5.74, 6) is 0.320. The van der Waals surface area contributed by atoms with Crippen LogP contribution < -0.4 is 0 Å². The average Bonchev–Trinajstić information content (AvgIpc) is 1.80. The molecule has 0 aliphatic heterocycles. The molecular weight excluding hydrogens is 112 g/mol. The van der Waals surface area contributed by atoms with E-state index in [4.69, 9.17) is 5.11 Å². The first-order valence-electron chi connectivity index (χ1n) is 2.88. The summed E-state index contributed by atoms with van der Waals surface area (Å²) in [6.45, 7) is 3.79. The molecule has 1 heteroatoms. The van der Waals surface area contributed by atoms with Crippen molar-refractivity contribution in [1.29, 1.82) is 0 Å². The minimum Gasteiger partial charge on any atom is -0.508 e. The summed E-state index contributed by atoms with van der Waals surface area (Å²) in [4.78, 5) is 0. The Balaban J connectivity index is 3.17. The maximum atomic E-state index is 9.01. The van der Waals surface area contributed by atoms with Gasteiger partial charge < -0.3 is 5.11 Å². The highest BCUT2D eigenvalue weighted by molar-refractivity contribution is 5.32. The topological polar surface area (TPSA) is 20.2 Å². The number of aromatic hydroxyl groups is 1. The molecule has 0 unspecified atom stereocenters. The fourth-order valence-electron chi connectivity index (χ4n) is 0.730. The van der Waals surface area contributed by atoms with Crippen LogP contribution in [0, 0.1) is 19.9 Å². The van der Waals surface area contributed by atoms with E-state index in [0.29, 0.717) is 5.75 Å². The van der Waals surface area contributed by atoms with Gasteiger partial charge in [0.2, 0.25) is 0 Å². The smallest absolute Gasteiger partial charge is 0.119 e. The molecule has 0 fully saturated rings. The number of benzene rings is 1. The third-order valence-electron chi connectivity index (χ3n) is 1.26. The molecule has 1 aromatic carbocycles. The Bertz CT molecular complexity index is 216. The molecule has 0 heterocycles. The molecule has 0 aromatic heterocycles. The number of aryl methyl sites for hydroxylation is 2. The lowest BCUT2D eigenvalue weighted by Gasteiger charge is -1.96. The van der Waals surface area contributed by atoms with Gasteiger partial charge in [0.15, 0.2) is 0 Å². The molecule has 0 saturated carbocycles. The SMILES string of the molecule is Cc1[c]c(C)c(O)cc1. The standard InChI is InChI=1S/C8H9O/c1-6-3-4-8(9)7(2)5-6/h3-4,9H,1-2H3.